The molecule has 0 bridgehead atoms. The van der Waals surface area contributed by atoms with Crippen molar-refractivity contribution in [3.8, 4) is 0 Å². The molecule has 0 unspecified atom stereocenters. The summed E-state index contributed by atoms with van der Waals surface area (Å²) in [5.41, 5.74) is 5.50. The first-order valence-corrected chi connectivity index (χ1v) is 5.86. The molecule has 2 aliphatic rings. The van der Waals surface area contributed by atoms with Gasteiger partial charge in [0.1, 0.15) is 0 Å². The van der Waals surface area contributed by atoms with Crippen molar-refractivity contribution >= 4 is 5.91 Å². The quantitative estimate of drug-likeness (QED) is 0.712. The Morgan fingerprint density at radius 1 is 1.33 bits per heavy atom. The van der Waals surface area contributed by atoms with Crippen LogP contribution >= 0.6 is 0 Å². The van der Waals surface area contributed by atoms with Gasteiger partial charge in [0.05, 0.1) is 24.7 Å². The minimum absolute atomic E-state index is 0.151. The van der Waals surface area contributed by atoms with E-state index in [9.17, 15) is 4.79 Å². The molecule has 0 atom stereocenters. The van der Waals surface area contributed by atoms with Crippen molar-refractivity contribution in [1.82, 2.24) is 5.32 Å². The fourth-order valence-corrected chi connectivity index (χ4v) is 2.41. The second kappa shape index (κ2) is 4.49. The van der Waals surface area contributed by atoms with Crippen LogP contribution in [0.4, 0.5) is 0 Å². The van der Waals surface area contributed by atoms with Gasteiger partial charge in [0.2, 0.25) is 5.91 Å². The van der Waals surface area contributed by atoms with Gasteiger partial charge >= 0.3 is 0 Å². The van der Waals surface area contributed by atoms with E-state index < -0.39 is 0 Å². The number of carbonyl (C=O) groups is 1. The van der Waals surface area contributed by atoms with Gasteiger partial charge in [0, 0.05) is 6.54 Å². The van der Waals surface area contributed by atoms with Crippen molar-refractivity contribution < 1.29 is 9.53 Å². The average Bonchev–Trinajstić information content (AvgIpc) is 2.24. The van der Waals surface area contributed by atoms with Crippen LogP contribution < -0.4 is 11.1 Å². The van der Waals surface area contributed by atoms with Gasteiger partial charge in [0.25, 0.3) is 0 Å². The summed E-state index contributed by atoms with van der Waals surface area (Å²) in [6.45, 7) is 1.80. The fraction of sp³-hybridized carbons (Fsp3) is 0.909. The molecule has 4 nitrogen and oxygen atoms in total. The van der Waals surface area contributed by atoms with Crippen LogP contribution in [0.5, 0.6) is 0 Å². The Kier molecular flexibility index (Phi) is 3.26. The van der Waals surface area contributed by atoms with Crippen LogP contribution in [0, 0.1) is 5.41 Å². The summed E-state index contributed by atoms with van der Waals surface area (Å²) in [5, 5.41) is 3.03. The van der Waals surface area contributed by atoms with E-state index in [-0.39, 0.29) is 17.4 Å². The van der Waals surface area contributed by atoms with E-state index in [0.717, 1.165) is 25.7 Å². The zero-order valence-corrected chi connectivity index (χ0v) is 9.13. The first kappa shape index (κ1) is 10.9. The number of hydrogen-bond acceptors (Lipinski definition) is 3. The largest absolute Gasteiger partial charge is 0.377 e. The van der Waals surface area contributed by atoms with Crippen molar-refractivity contribution in [1.29, 1.82) is 0 Å². The molecule has 86 valence electrons. The van der Waals surface area contributed by atoms with E-state index in [4.69, 9.17) is 10.5 Å². The van der Waals surface area contributed by atoms with Gasteiger partial charge in [-0.05, 0) is 12.8 Å². The second-order valence-corrected chi connectivity index (χ2v) is 4.75. The molecule has 0 aromatic rings. The number of hydrogen-bond donors (Lipinski definition) is 2. The third-order valence-corrected chi connectivity index (χ3v) is 3.66. The van der Waals surface area contributed by atoms with Crippen molar-refractivity contribution in [2.75, 3.05) is 19.8 Å². The first-order valence-electron chi connectivity index (χ1n) is 5.86. The number of rotatable bonds is 3. The summed E-state index contributed by atoms with van der Waals surface area (Å²) < 4.78 is 5.04. The Labute approximate surface area is 90.5 Å². The Hall–Kier alpha value is -0.610. The van der Waals surface area contributed by atoms with Gasteiger partial charge in [-0.2, -0.15) is 0 Å². The third-order valence-electron chi connectivity index (χ3n) is 3.66. The lowest BCUT2D eigenvalue weighted by Crippen LogP contribution is -2.55. The molecule has 0 spiro atoms. The molecular formula is C11H20N2O2. The van der Waals surface area contributed by atoms with Crippen LogP contribution in [0.15, 0.2) is 0 Å². The normalized spacial score (nSPS) is 25.7. The van der Waals surface area contributed by atoms with Gasteiger partial charge in [-0.25, -0.2) is 0 Å². The lowest BCUT2D eigenvalue weighted by Gasteiger charge is -2.37. The SMILES string of the molecule is NCC1(C(=O)NC2COC2)CCCCC1. The van der Waals surface area contributed by atoms with Crippen LogP contribution in [-0.2, 0) is 9.53 Å². The minimum Gasteiger partial charge on any atom is -0.377 e. The highest BCUT2D eigenvalue weighted by atomic mass is 16.5. The van der Waals surface area contributed by atoms with E-state index in [0.29, 0.717) is 19.8 Å². The first-order chi connectivity index (χ1) is 7.27. The average molecular weight is 212 g/mol. The Balaban J connectivity index is 1.93. The molecule has 4 heteroatoms. The minimum atomic E-state index is -0.284. The Morgan fingerprint density at radius 3 is 2.47 bits per heavy atom. The highest BCUT2D eigenvalue weighted by molar-refractivity contribution is 5.83. The molecule has 0 radical (unpaired) electrons. The molecule has 1 saturated carbocycles. The van der Waals surface area contributed by atoms with Gasteiger partial charge in [-0.3, -0.25) is 4.79 Å². The van der Waals surface area contributed by atoms with Crippen LogP contribution in [0.3, 0.4) is 0 Å². The summed E-state index contributed by atoms with van der Waals surface area (Å²) in [7, 11) is 0. The molecular weight excluding hydrogens is 192 g/mol. The number of nitrogens with one attached hydrogen (secondary N) is 1. The molecule has 2 rings (SSSR count). The summed E-state index contributed by atoms with van der Waals surface area (Å²) in [5.74, 6) is 0.151. The van der Waals surface area contributed by atoms with Crippen LogP contribution in [0.25, 0.3) is 0 Å². The summed E-state index contributed by atoms with van der Waals surface area (Å²) in [6, 6.07) is 0.225. The van der Waals surface area contributed by atoms with Crippen LogP contribution in [-0.4, -0.2) is 31.7 Å². The molecule has 1 aliphatic carbocycles. The third kappa shape index (κ3) is 2.16. The van der Waals surface area contributed by atoms with Gasteiger partial charge in [-0.1, -0.05) is 19.3 Å². The van der Waals surface area contributed by atoms with Crippen molar-refractivity contribution in [3.05, 3.63) is 0 Å². The van der Waals surface area contributed by atoms with E-state index in [1.807, 2.05) is 0 Å². The monoisotopic (exact) mass is 212 g/mol. The highest BCUT2D eigenvalue weighted by Crippen LogP contribution is 2.35. The molecule has 1 heterocycles. The number of amides is 1. The van der Waals surface area contributed by atoms with Crippen molar-refractivity contribution in [2.24, 2.45) is 11.1 Å². The Bertz CT molecular complexity index is 233. The maximum atomic E-state index is 12.1. The maximum absolute atomic E-state index is 12.1. The molecule has 0 aromatic carbocycles. The standard InChI is InChI=1S/C11H20N2O2/c12-8-11(4-2-1-3-5-11)10(14)13-9-6-15-7-9/h9H,1-8,12H2,(H,13,14). The predicted molar refractivity (Wildman–Crippen MR) is 57.3 cm³/mol. The lowest BCUT2D eigenvalue weighted by molar-refractivity contribution is -0.136. The summed E-state index contributed by atoms with van der Waals surface area (Å²) >= 11 is 0. The van der Waals surface area contributed by atoms with Gasteiger partial charge < -0.3 is 15.8 Å². The maximum Gasteiger partial charge on any atom is 0.227 e. The molecule has 1 amide bonds. The zero-order valence-electron chi connectivity index (χ0n) is 9.13. The molecule has 15 heavy (non-hydrogen) atoms. The fourth-order valence-electron chi connectivity index (χ4n) is 2.41. The predicted octanol–water partition coefficient (Wildman–Crippen LogP) is 0.411. The van der Waals surface area contributed by atoms with Crippen LogP contribution in [0.1, 0.15) is 32.1 Å². The zero-order chi connectivity index (χ0) is 10.7. The lowest BCUT2D eigenvalue weighted by atomic mass is 9.73. The number of carbonyl (C=O) groups excluding carboxylic acids is 1. The van der Waals surface area contributed by atoms with E-state index >= 15 is 0 Å². The summed E-state index contributed by atoms with van der Waals surface area (Å²) in [4.78, 5) is 12.1. The van der Waals surface area contributed by atoms with Crippen molar-refractivity contribution in [2.45, 2.75) is 38.1 Å². The molecule has 1 saturated heterocycles. The summed E-state index contributed by atoms with van der Waals surface area (Å²) in [6.07, 6.45) is 5.39. The van der Waals surface area contributed by atoms with Crippen LogP contribution in [0.2, 0.25) is 0 Å². The van der Waals surface area contributed by atoms with Gasteiger partial charge in [-0.15, -0.1) is 0 Å². The van der Waals surface area contributed by atoms with E-state index in [2.05, 4.69) is 5.32 Å². The molecule has 0 aromatic heterocycles. The molecule has 1 aliphatic heterocycles. The Morgan fingerprint density at radius 2 is 2.00 bits per heavy atom. The highest BCUT2D eigenvalue weighted by Gasteiger charge is 2.39. The molecule has 2 fully saturated rings. The number of ether oxygens (including phenoxy) is 1. The molecule has 3 N–H and O–H groups in total. The van der Waals surface area contributed by atoms with Gasteiger partial charge in [0.15, 0.2) is 0 Å². The topological polar surface area (TPSA) is 64.4 Å². The smallest absolute Gasteiger partial charge is 0.227 e. The van der Waals surface area contributed by atoms with E-state index in [1.54, 1.807) is 0 Å². The van der Waals surface area contributed by atoms with E-state index in [1.165, 1.54) is 6.42 Å². The second-order valence-electron chi connectivity index (χ2n) is 4.75. The van der Waals surface area contributed by atoms with Crippen molar-refractivity contribution in [3.63, 3.8) is 0 Å². The number of nitrogens with two attached hydrogens (primary N) is 1.